The van der Waals surface area contributed by atoms with Gasteiger partial charge in [0.2, 0.25) is 0 Å². The summed E-state index contributed by atoms with van der Waals surface area (Å²) in [6.07, 6.45) is -4.41. The Labute approximate surface area is 114 Å². The van der Waals surface area contributed by atoms with E-state index in [9.17, 15) is 18.0 Å². The molecule has 0 saturated carbocycles. The third-order valence-electron chi connectivity index (χ3n) is 2.49. The highest BCUT2D eigenvalue weighted by Gasteiger charge is 2.30. The van der Waals surface area contributed by atoms with Gasteiger partial charge in [0.25, 0.3) is 5.56 Å². The smallest absolute Gasteiger partial charge is 0.268 e. The van der Waals surface area contributed by atoms with Crippen LogP contribution in [-0.4, -0.2) is 10.2 Å². The van der Waals surface area contributed by atoms with Gasteiger partial charge >= 0.3 is 6.18 Å². The summed E-state index contributed by atoms with van der Waals surface area (Å²) in [4.78, 5) is 11.1. The van der Waals surface area contributed by atoms with Crippen molar-refractivity contribution in [2.45, 2.75) is 11.5 Å². The minimum atomic E-state index is -4.41. The van der Waals surface area contributed by atoms with Crippen molar-refractivity contribution < 1.29 is 13.2 Å². The van der Waals surface area contributed by atoms with Crippen molar-refractivity contribution in [2.24, 2.45) is 0 Å². The third-order valence-corrected chi connectivity index (χ3v) is 3.10. The van der Waals surface area contributed by atoms with Crippen LogP contribution in [0.25, 0.3) is 11.3 Å². The van der Waals surface area contributed by atoms with Gasteiger partial charge in [-0.05, 0) is 17.7 Å². The first-order valence-corrected chi connectivity index (χ1v) is 6.36. The molecule has 0 bridgehead atoms. The highest BCUT2D eigenvalue weighted by atomic mass is 79.9. The van der Waals surface area contributed by atoms with Gasteiger partial charge in [0.15, 0.2) is 0 Å². The number of nitrogens with zero attached hydrogens (tertiary/aromatic N) is 1. The molecule has 0 unspecified atom stereocenters. The number of rotatable bonds is 2. The first-order chi connectivity index (χ1) is 8.91. The third kappa shape index (κ3) is 3.04. The summed E-state index contributed by atoms with van der Waals surface area (Å²) in [5.41, 5.74) is 0.00914. The zero-order valence-corrected chi connectivity index (χ0v) is 11.0. The van der Waals surface area contributed by atoms with Gasteiger partial charge in [0, 0.05) is 17.0 Å². The summed E-state index contributed by atoms with van der Waals surface area (Å²) < 4.78 is 37.9. The van der Waals surface area contributed by atoms with Crippen LogP contribution in [0.15, 0.2) is 35.1 Å². The first kappa shape index (κ1) is 13.8. The molecule has 3 nitrogen and oxygen atoms in total. The number of nitrogens with one attached hydrogen (secondary N) is 1. The van der Waals surface area contributed by atoms with Crippen LogP contribution in [0.1, 0.15) is 11.1 Å². The van der Waals surface area contributed by atoms with Crippen LogP contribution in [0.3, 0.4) is 0 Å². The zero-order valence-electron chi connectivity index (χ0n) is 9.46. The monoisotopic (exact) mass is 332 g/mol. The predicted octanol–water partition coefficient (Wildman–Crippen LogP) is 3.35. The molecule has 0 amide bonds. The van der Waals surface area contributed by atoms with Gasteiger partial charge in [-0.25, -0.2) is 5.10 Å². The number of H-pyrrole nitrogens is 1. The van der Waals surface area contributed by atoms with Gasteiger partial charge in [-0.2, -0.15) is 18.3 Å². The molecule has 2 rings (SSSR count). The Kier molecular flexibility index (Phi) is 3.75. The average molecular weight is 333 g/mol. The maximum Gasteiger partial charge on any atom is 0.416 e. The summed E-state index contributed by atoms with van der Waals surface area (Å²) in [5, 5.41) is 6.36. The Balaban J connectivity index is 2.56. The van der Waals surface area contributed by atoms with Gasteiger partial charge in [-0.1, -0.05) is 28.1 Å². The van der Waals surface area contributed by atoms with Crippen LogP contribution in [-0.2, 0) is 11.5 Å². The Morgan fingerprint density at radius 1 is 1.26 bits per heavy atom. The number of hydrogen-bond donors (Lipinski definition) is 1. The largest absolute Gasteiger partial charge is 0.416 e. The van der Waals surface area contributed by atoms with Crippen molar-refractivity contribution >= 4 is 15.9 Å². The predicted molar refractivity (Wildman–Crippen MR) is 67.9 cm³/mol. The summed E-state index contributed by atoms with van der Waals surface area (Å²) >= 11 is 3.18. The SMILES string of the molecule is O=c1cc(CBr)c(-c2cccc(C(F)(F)F)c2)n[nH]1. The summed E-state index contributed by atoms with van der Waals surface area (Å²) in [6, 6.07) is 6.12. The molecule has 1 heterocycles. The minimum Gasteiger partial charge on any atom is -0.268 e. The van der Waals surface area contributed by atoms with Crippen LogP contribution in [0.5, 0.6) is 0 Å². The normalized spacial score (nSPS) is 11.6. The number of halogens is 4. The highest BCUT2D eigenvalue weighted by molar-refractivity contribution is 9.08. The van der Waals surface area contributed by atoms with Crippen LogP contribution in [0.4, 0.5) is 13.2 Å². The van der Waals surface area contributed by atoms with Gasteiger partial charge < -0.3 is 0 Å². The molecular weight excluding hydrogens is 325 g/mol. The molecule has 2 aromatic rings. The lowest BCUT2D eigenvalue weighted by molar-refractivity contribution is -0.137. The van der Waals surface area contributed by atoms with Crippen molar-refractivity contribution in [1.82, 2.24) is 10.2 Å². The number of benzene rings is 1. The van der Waals surface area contributed by atoms with Crippen molar-refractivity contribution in [2.75, 3.05) is 0 Å². The van der Waals surface area contributed by atoms with Crippen LogP contribution in [0, 0.1) is 0 Å². The molecule has 0 aliphatic rings. The average Bonchev–Trinajstić information content (AvgIpc) is 2.37. The molecule has 0 spiro atoms. The molecule has 19 heavy (non-hydrogen) atoms. The lowest BCUT2D eigenvalue weighted by atomic mass is 10.0. The van der Waals surface area contributed by atoms with Crippen molar-refractivity contribution in [1.29, 1.82) is 0 Å². The van der Waals surface area contributed by atoms with E-state index in [2.05, 4.69) is 26.1 Å². The second-order valence-electron chi connectivity index (χ2n) is 3.82. The molecule has 0 radical (unpaired) electrons. The van der Waals surface area contributed by atoms with Gasteiger partial charge in [-0.15, -0.1) is 0 Å². The number of alkyl halides is 4. The van der Waals surface area contributed by atoms with Crippen molar-refractivity contribution in [3.05, 3.63) is 51.8 Å². The van der Waals surface area contributed by atoms with Crippen molar-refractivity contribution in [3.8, 4) is 11.3 Å². The lowest BCUT2D eigenvalue weighted by Gasteiger charge is -2.09. The lowest BCUT2D eigenvalue weighted by Crippen LogP contribution is -2.10. The second kappa shape index (κ2) is 5.16. The molecule has 0 aliphatic carbocycles. The molecule has 0 aliphatic heterocycles. The molecule has 1 N–H and O–H groups in total. The van der Waals surface area contributed by atoms with Crippen LogP contribution < -0.4 is 5.56 Å². The van der Waals surface area contributed by atoms with E-state index in [0.717, 1.165) is 12.1 Å². The Hall–Kier alpha value is -1.63. The Bertz CT molecular complexity index is 652. The van der Waals surface area contributed by atoms with Crippen LogP contribution in [0.2, 0.25) is 0 Å². The first-order valence-electron chi connectivity index (χ1n) is 5.24. The standard InChI is InChI=1S/C12H8BrF3N2O/c13-6-8-5-10(19)17-18-11(8)7-2-1-3-9(4-7)12(14,15)16/h1-5H,6H2,(H,17,19). The maximum atomic E-state index is 12.6. The molecule has 1 aromatic heterocycles. The molecular formula is C12H8BrF3N2O. The van der Waals surface area contributed by atoms with Crippen LogP contribution >= 0.6 is 15.9 Å². The Morgan fingerprint density at radius 2 is 2.00 bits per heavy atom. The molecule has 0 fully saturated rings. The van der Waals surface area contributed by atoms with Crippen molar-refractivity contribution in [3.63, 3.8) is 0 Å². The second-order valence-corrected chi connectivity index (χ2v) is 4.38. The van der Waals surface area contributed by atoms with Gasteiger partial charge in [-0.3, -0.25) is 4.79 Å². The summed E-state index contributed by atoms with van der Waals surface area (Å²) in [7, 11) is 0. The van der Waals surface area contributed by atoms with E-state index in [1.54, 1.807) is 0 Å². The summed E-state index contributed by atoms with van der Waals surface area (Å²) in [6.45, 7) is 0. The molecule has 0 atom stereocenters. The van der Waals surface area contributed by atoms with E-state index in [1.165, 1.54) is 18.2 Å². The van der Waals surface area contributed by atoms with E-state index >= 15 is 0 Å². The molecule has 0 saturated heterocycles. The highest BCUT2D eigenvalue weighted by Crippen LogP contribution is 2.32. The van der Waals surface area contributed by atoms with Gasteiger partial charge in [0.05, 0.1) is 11.3 Å². The quantitative estimate of drug-likeness (QED) is 0.857. The van der Waals surface area contributed by atoms with E-state index < -0.39 is 17.3 Å². The maximum absolute atomic E-state index is 12.6. The minimum absolute atomic E-state index is 0.306. The number of hydrogen-bond acceptors (Lipinski definition) is 2. The Morgan fingerprint density at radius 3 is 2.63 bits per heavy atom. The molecule has 100 valence electrons. The van der Waals surface area contributed by atoms with E-state index in [-0.39, 0.29) is 0 Å². The summed E-state index contributed by atoms with van der Waals surface area (Å²) in [5.74, 6) is 0. The van der Waals surface area contributed by atoms with Gasteiger partial charge in [0.1, 0.15) is 0 Å². The topological polar surface area (TPSA) is 45.8 Å². The fourth-order valence-corrected chi connectivity index (χ4v) is 2.06. The molecule has 7 heteroatoms. The molecule has 1 aromatic carbocycles. The van der Waals surface area contributed by atoms with E-state index in [0.29, 0.717) is 22.2 Å². The fraction of sp³-hybridized carbons (Fsp3) is 0.167. The van der Waals surface area contributed by atoms with E-state index in [1.807, 2.05) is 0 Å². The number of aromatic amines is 1. The zero-order chi connectivity index (χ0) is 14.0. The number of aromatic nitrogens is 2. The van der Waals surface area contributed by atoms with E-state index in [4.69, 9.17) is 0 Å². The fourth-order valence-electron chi connectivity index (χ4n) is 1.64.